The van der Waals surface area contributed by atoms with Crippen molar-refractivity contribution in [1.82, 2.24) is 20.4 Å². The topological polar surface area (TPSA) is 84.2 Å². The summed E-state index contributed by atoms with van der Waals surface area (Å²) in [6.07, 6.45) is 5.40. The maximum Gasteiger partial charge on any atom is 0.257 e. The number of hydrogen-bond donors (Lipinski definition) is 1. The first-order valence-electron chi connectivity index (χ1n) is 8.35. The van der Waals surface area contributed by atoms with Gasteiger partial charge in [0.15, 0.2) is 5.76 Å². The van der Waals surface area contributed by atoms with Crippen LogP contribution in [0.5, 0.6) is 0 Å². The second kappa shape index (κ2) is 6.98. The zero-order chi connectivity index (χ0) is 17.1. The summed E-state index contributed by atoms with van der Waals surface area (Å²) >= 11 is 0. The minimum Gasteiger partial charge on any atom is -0.360 e. The summed E-state index contributed by atoms with van der Waals surface area (Å²) in [7, 11) is 0. The molecule has 0 aliphatic carbocycles. The molecule has 1 fully saturated rings. The summed E-state index contributed by atoms with van der Waals surface area (Å²) in [4.78, 5) is 23.4. The SMILES string of the molecule is Cc1noc(C(C)C)c1C(=O)N[C@H]1CCCN(c2ncccn2)C1. The fourth-order valence-electron chi connectivity index (χ4n) is 3.05. The van der Waals surface area contributed by atoms with E-state index in [1.165, 1.54) is 0 Å². The molecule has 2 aromatic rings. The van der Waals surface area contributed by atoms with Gasteiger partial charge in [0.2, 0.25) is 5.95 Å². The van der Waals surface area contributed by atoms with Gasteiger partial charge in [-0.05, 0) is 25.8 Å². The van der Waals surface area contributed by atoms with E-state index < -0.39 is 0 Å². The first-order chi connectivity index (χ1) is 11.6. The van der Waals surface area contributed by atoms with Gasteiger partial charge >= 0.3 is 0 Å². The van der Waals surface area contributed by atoms with Gasteiger partial charge in [-0.25, -0.2) is 9.97 Å². The molecule has 0 aromatic carbocycles. The van der Waals surface area contributed by atoms with Crippen molar-refractivity contribution in [2.45, 2.75) is 45.6 Å². The highest BCUT2D eigenvalue weighted by molar-refractivity contribution is 5.96. The predicted octanol–water partition coefficient (Wildman–Crippen LogP) is 2.30. The quantitative estimate of drug-likeness (QED) is 0.926. The minimum atomic E-state index is -0.113. The van der Waals surface area contributed by atoms with Crippen molar-refractivity contribution >= 4 is 11.9 Å². The van der Waals surface area contributed by atoms with Crippen LogP contribution >= 0.6 is 0 Å². The van der Waals surface area contributed by atoms with Crippen LogP contribution in [0.15, 0.2) is 23.0 Å². The van der Waals surface area contributed by atoms with Gasteiger partial charge in [-0.1, -0.05) is 19.0 Å². The highest BCUT2D eigenvalue weighted by Crippen LogP contribution is 2.23. The van der Waals surface area contributed by atoms with Gasteiger partial charge in [0, 0.05) is 37.4 Å². The van der Waals surface area contributed by atoms with Crippen molar-refractivity contribution in [1.29, 1.82) is 0 Å². The molecule has 2 aromatic heterocycles. The summed E-state index contributed by atoms with van der Waals surface area (Å²) in [5.74, 6) is 1.36. The number of aromatic nitrogens is 3. The van der Waals surface area contributed by atoms with E-state index in [0.717, 1.165) is 19.4 Å². The van der Waals surface area contributed by atoms with E-state index in [4.69, 9.17) is 4.52 Å². The molecule has 3 heterocycles. The molecule has 128 valence electrons. The third-order valence-electron chi connectivity index (χ3n) is 4.23. The second-order valence-corrected chi connectivity index (χ2v) is 6.47. The fourth-order valence-corrected chi connectivity index (χ4v) is 3.05. The van der Waals surface area contributed by atoms with Gasteiger partial charge in [0.25, 0.3) is 5.91 Å². The average Bonchev–Trinajstić information content (AvgIpc) is 2.98. The lowest BCUT2D eigenvalue weighted by Crippen LogP contribution is -2.48. The molecule has 0 bridgehead atoms. The van der Waals surface area contributed by atoms with Gasteiger partial charge in [0.05, 0.1) is 5.69 Å². The zero-order valence-electron chi connectivity index (χ0n) is 14.3. The number of hydrogen-bond acceptors (Lipinski definition) is 6. The number of piperidine rings is 1. The molecular formula is C17H23N5O2. The molecule has 0 unspecified atom stereocenters. The number of anilines is 1. The molecular weight excluding hydrogens is 306 g/mol. The Morgan fingerprint density at radius 1 is 1.38 bits per heavy atom. The number of nitrogens with one attached hydrogen (secondary N) is 1. The van der Waals surface area contributed by atoms with E-state index in [1.807, 2.05) is 13.8 Å². The summed E-state index contributed by atoms with van der Waals surface area (Å²) in [6.45, 7) is 7.39. The van der Waals surface area contributed by atoms with E-state index in [-0.39, 0.29) is 17.9 Å². The van der Waals surface area contributed by atoms with Crippen LogP contribution in [-0.4, -0.2) is 40.2 Å². The molecule has 0 spiro atoms. The zero-order valence-corrected chi connectivity index (χ0v) is 14.3. The molecule has 1 aliphatic heterocycles. The molecule has 0 saturated carbocycles. The molecule has 0 radical (unpaired) electrons. The minimum absolute atomic E-state index is 0.0596. The van der Waals surface area contributed by atoms with Crippen molar-refractivity contribution in [2.24, 2.45) is 0 Å². The number of aryl methyl sites for hydroxylation is 1. The molecule has 1 amide bonds. The van der Waals surface area contributed by atoms with Gasteiger partial charge in [-0.15, -0.1) is 0 Å². The van der Waals surface area contributed by atoms with E-state index in [0.29, 0.717) is 29.5 Å². The van der Waals surface area contributed by atoms with Crippen molar-refractivity contribution in [3.63, 3.8) is 0 Å². The Balaban J connectivity index is 1.70. The Kier molecular flexibility index (Phi) is 4.78. The van der Waals surface area contributed by atoms with Gasteiger partial charge in [0.1, 0.15) is 5.56 Å². The Labute approximate surface area is 141 Å². The lowest BCUT2D eigenvalue weighted by Gasteiger charge is -2.33. The lowest BCUT2D eigenvalue weighted by atomic mass is 10.0. The van der Waals surface area contributed by atoms with Crippen LogP contribution in [0.1, 0.15) is 54.4 Å². The largest absolute Gasteiger partial charge is 0.360 e. The fraction of sp³-hybridized carbons (Fsp3) is 0.529. The van der Waals surface area contributed by atoms with E-state index in [2.05, 4.69) is 25.3 Å². The Hall–Kier alpha value is -2.44. The van der Waals surface area contributed by atoms with Crippen LogP contribution in [0.3, 0.4) is 0 Å². The number of nitrogens with zero attached hydrogens (tertiary/aromatic N) is 4. The van der Waals surface area contributed by atoms with Crippen LogP contribution in [0.25, 0.3) is 0 Å². The van der Waals surface area contributed by atoms with Crippen molar-refractivity contribution in [3.05, 3.63) is 35.5 Å². The molecule has 1 atom stereocenters. The van der Waals surface area contributed by atoms with Crippen LogP contribution in [0.4, 0.5) is 5.95 Å². The third kappa shape index (κ3) is 3.39. The van der Waals surface area contributed by atoms with Gasteiger partial charge < -0.3 is 14.7 Å². The first kappa shape index (κ1) is 16.4. The Bertz CT molecular complexity index is 698. The van der Waals surface area contributed by atoms with Crippen LogP contribution in [0.2, 0.25) is 0 Å². The molecule has 7 heteroatoms. The summed E-state index contributed by atoms with van der Waals surface area (Å²) in [6, 6.07) is 1.86. The lowest BCUT2D eigenvalue weighted by molar-refractivity contribution is 0.0930. The second-order valence-electron chi connectivity index (χ2n) is 6.47. The highest BCUT2D eigenvalue weighted by atomic mass is 16.5. The standard InChI is InChI=1S/C17H23N5O2/c1-11(2)15-14(12(3)21-24-15)16(23)20-13-6-4-9-22(10-13)17-18-7-5-8-19-17/h5,7-8,11,13H,4,6,9-10H2,1-3H3,(H,20,23)/t13-/m0/s1. The maximum absolute atomic E-state index is 12.7. The van der Waals surface area contributed by atoms with E-state index in [9.17, 15) is 4.79 Å². The number of amides is 1. The van der Waals surface area contributed by atoms with Crippen LogP contribution in [0, 0.1) is 6.92 Å². The summed E-state index contributed by atoms with van der Waals surface area (Å²) in [5, 5.41) is 7.07. The van der Waals surface area contributed by atoms with Crippen molar-refractivity contribution in [3.8, 4) is 0 Å². The third-order valence-corrected chi connectivity index (χ3v) is 4.23. The molecule has 7 nitrogen and oxygen atoms in total. The van der Waals surface area contributed by atoms with E-state index in [1.54, 1.807) is 25.4 Å². The summed E-state index contributed by atoms with van der Waals surface area (Å²) in [5.41, 5.74) is 1.20. The Morgan fingerprint density at radius 2 is 2.12 bits per heavy atom. The summed E-state index contributed by atoms with van der Waals surface area (Å²) < 4.78 is 5.32. The molecule has 1 aliphatic rings. The monoisotopic (exact) mass is 329 g/mol. The highest BCUT2D eigenvalue weighted by Gasteiger charge is 2.27. The van der Waals surface area contributed by atoms with Gasteiger partial charge in [-0.2, -0.15) is 0 Å². The van der Waals surface area contributed by atoms with Crippen LogP contribution < -0.4 is 10.2 Å². The van der Waals surface area contributed by atoms with Crippen molar-refractivity contribution in [2.75, 3.05) is 18.0 Å². The Morgan fingerprint density at radius 3 is 2.83 bits per heavy atom. The molecule has 24 heavy (non-hydrogen) atoms. The number of carbonyl (C=O) groups excluding carboxylic acids is 1. The first-order valence-corrected chi connectivity index (χ1v) is 8.35. The molecule has 3 rings (SSSR count). The van der Waals surface area contributed by atoms with Crippen LogP contribution in [-0.2, 0) is 0 Å². The smallest absolute Gasteiger partial charge is 0.257 e. The van der Waals surface area contributed by atoms with E-state index >= 15 is 0 Å². The normalized spacial score (nSPS) is 18.0. The number of carbonyl (C=O) groups is 1. The molecule has 1 N–H and O–H groups in total. The van der Waals surface area contributed by atoms with Gasteiger partial charge in [-0.3, -0.25) is 4.79 Å². The maximum atomic E-state index is 12.7. The average molecular weight is 329 g/mol. The molecule has 1 saturated heterocycles. The van der Waals surface area contributed by atoms with Crippen molar-refractivity contribution < 1.29 is 9.32 Å². The number of rotatable bonds is 4. The predicted molar refractivity (Wildman–Crippen MR) is 90.1 cm³/mol.